The van der Waals surface area contributed by atoms with Crippen LogP contribution in [0.4, 0.5) is 5.82 Å². The molecular weight excluding hydrogens is 425 g/mol. The predicted octanol–water partition coefficient (Wildman–Crippen LogP) is -0.411. The molecule has 0 saturated heterocycles. The number of aromatic nitrogens is 4. The lowest BCUT2D eigenvalue weighted by Gasteiger charge is -2.12. The standard InChI is InChI=1S/C21H20BN7O4/c1-11-16(29-7-3-6-14(17(23)30)21(29)27-11)20-26-10-15(18(24)31)19(28-20)25-9-12-4-2-5-13(8-12)22(32)33/h2-8,10,32-33H,9H2,1H3,(H2,23,30)(H2,24,31)(H,25,26,28). The zero-order valence-corrected chi connectivity index (χ0v) is 17.6. The van der Waals surface area contributed by atoms with Crippen molar-refractivity contribution in [2.75, 3.05) is 5.32 Å². The van der Waals surface area contributed by atoms with E-state index in [1.807, 2.05) is 0 Å². The van der Waals surface area contributed by atoms with E-state index < -0.39 is 18.9 Å². The second kappa shape index (κ2) is 8.69. The van der Waals surface area contributed by atoms with Gasteiger partial charge in [0.1, 0.15) is 17.2 Å². The first-order chi connectivity index (χ1) is 15.8. The molecule has 11 nitrogen and oxygen atoms in total. The minimum absolute atomic E-state index is 0.0846. The van der Waals surface area contributed by atoms with Crippen LogP contribution < -0.4 is 22.2 Å². The Balaban J connectivity index is 1.75. The number of carbonyl (C=O) groups excluding carboxylic acids is 2. The monoisotopic (exact) mass is 445 g/mol. The zero-order valence-electron chi connectivity index (χ0n) is 17.6. The molecular formula is C21H20BN7O4. The Morgan fingerprint density at radius 3 is 2.55 bits per heavy atom. The van der Waals surface area contributed by atoms with Crippen LogP contribution in [0.3, 0.4) is 0 Å². The Morgan fingerprint density at radius 2 is 1.85 bits per heavy atom. The number of pyridine rings is 1. The number of carbonyl (C=O) groups is 2. The molecule has 0 aliphatic rings. The van der Waals surface area contributed by atoms with Gasteiger partial charge in [-0.05, 0) is 30.1 Å². The smallest absolute Gasteiger partial charge is 0.423 e. The number of amides is 2. The molecule has 4 rings (SSSR count). The molecule has 0 saturated carbocycles. The van der Waals surface area contributed by atoms with Crippen molar-refractivity contribution in [2.24, 2.45) is 11.5 Å². The highest BCUT2D eigenvalue weighted by Gasteiger charge is 2.20. The summed E-state index contributed by atoms with van der Waals surface area (Å²) < 4.78 is 1.66. The molecule has 33 heavy (non-hydrogen) atoms. The summed E-state index contributed by atoms with van der Waals surface area (Å²) in [4.78, 5) is 36.9. The number of fused-ring (bicyclic) bond motifs is 1. The van der Waals surface area contributed by atoms with Gasteiger partial charge in [-0.15, -0.1) is 0 Å². The van der Waals surface area contributed by atoms with Crippen molar-refractivity contribution >= 4 is 35.9 Å². The van der Waals surface area contributed by atoms with Crippen LogP contribution in [0.1, 0.15) is 32.0 Å². The number of anilines is 1. The van der Waals surface area contributed by atoms with Gasteiger partial charge in [-0.3, -0.25) is 14.0 Å². The third-order valence-corrected chi connectivity index (χ3v) is 5.06. The maximum absolute atomic E-state index is 11.9. The number of rotatable bonds is 7. The summed E-state index contributed by atoms with van der Waals surface area (Å²) >= 11 is 0. The molecule has 0 bridgehead atoms. The van der Waals surface area contributed by atoms with E-state index in [1.165, 1.54) is 6.20 Å². The Bertz CT molecular complexity index is 1390. The summed E-state index contributed by atoms with van der Waals surface area (Å²) in [6, 6.07) is 9.91. The van der Waals surface area contributed by atoms with E-state index in [2.05, 4.69) is 20.3 Å². The van der Waals surface area contributed by atoms with Crippen molar-refractivity contribution < 1.29 is 19.6 Å². The van der Waals surface area contributed by atoms with Gasteiger partial charge >= 0.3 is 7.12 Å². The number of primary amides is 2. The number of benzene rings is 1. The van der Waals surface area contributed by atoms with Crippen molar-refractivity contribution in [3.8, 4) is 11.5 Å². The van der Waals surface area contributed by atoms with Crippen LogP contribution in [0.25, 0.3) is 17.2 Å². The number of aryl methyl sites for hydroxylation is 1. The lowest BCUT2D eigenvalue weighted by Crippen LogP contribution is -2.30. The number of nitrogens with zero attached hydrogens (tertiary/aromatic N) is 4. The van der Waals surface area contributed by atoms with E-state index in [0.29, 0.717) is 22.5 Å². The first-order valence-corrected chi connectivity index (χ1v) is 9.89. The van der Waals surface area contributed by atoms with Crippen LogP contribution in [0, 0.1) is 6.92 Å². The lowest BCUT2D eigenvalue weighted by molar-refractivity contribution is 0.0992. The Labute approximate surface area is 188 Å². The summed E-state index contributed by atoms with van der Waals surface area (Å²) in [5.74, 6) is -0.870. The highest BCUT2D eigenvalue weighted by Crippen LogP contribution is 2.25. The zero-order chi connectivity index (χ0) is 23.7. The van der Waals surface area contributed by atoms with Gasteiger partial charge in [0.05, 0.1) is 16.8 Å². The molecule has 0 spiro atoms. The first kappa shape index (κ1) is 21.9. The number of hydrogen-bond acceptors (Lipinski definition) is 8. The summed E-state index contributed by atoms with van der Waals surface area (Å²) in [6.07, 6.45) is 3.03. The molecule has 7 N–H and O–H groups in total. The Kier molecular flexibility index (Phi) is 5.77. The molecule has 12 heteroatoms. The summed E-state index contributed by atoms with van der Waals surface area (Å²) in [6.45, 7) is 1.98. The van der Waals surface area contributed by atoms with Crippen LogP contribution in [0.2, 0.25) is 0 Å². The fraction of sp³-hybridized carbons (Fsp3) is 0.0952. The number of nitrogens with one attached hydrogen (secondary N) is 1. The van der Waals surface area contributed by atoms with Gasteiger partial charge in [0.25, 0.3) is 11.8 Å². The molecule has 0 aliphatic heterocycles. The summed E-state index contributed by atoms with van der Waals surface area (Å²) in [7, 11) is -1.60. The van der Waals surface area contributed by atoms with Gasteiger partial charge in [-0.1, -0.05) is 24.3 Å². The third kappa shape index (κ3) is 4.24. The summed E-state index contributed by atoms with van der Waals surface area (Å²) in [5, 5.41) is 21.8. The third-order valence-electron chi connectivity index (χ3n) is 5.06. The fourth-order valence-electron chi connectivity index (χ4n) is 3.50. The molecule has 0 atom stereocenters. The predicted molar refractivity (Wildman–Crippen MR) is 122 cm³/mol. The van der Waals surface area contributed by atoms with E-state index in [4.69, 9.17) is 11.5 Å². The Hall–Kier alpha value is -4.29. The van der Waals surface area contributed by atoms with E-state index in [1.54, 1.807) is 53.9 Å². The van der Waals surface area contributed by atoms with Gasteiger partial charge in [0.15, 0.2) is 5.82 Å². The molecule has 166 valence electrons. The van der Waals surface area contributed by atoms with Crippen LogP contribution in [0.15, 0.2) is 48.8 Å². The highest BCUT2D eigenvalue weighted by atomic mass is 16.4. The number of imidazole rings is 1. The maximum Gasteiger partial charge on any atom is 0.488 e. The van der Waals surface area contributed by atoms with Gasteiger partial charge in [-0.25, -0.2) is 15.0 Å². The molecule has 3 heterocycles. The number of nitrogens with two attached hydrogens (primary N) is 2. The van der Waals surface area contributed by atoms with E-state index in [9.17, 15) is 19.6 Å². The van der Waals surface area contributed by atoms with Crippen LogP contribution in [-0.2, 0) is 6.54 Å². The van der Waals surface area contributed by atoms with E-state index in [0.717, 1.165) is 5.56 Å². The van der Waals surface area contributed by atoms with Crippen LogP contribution >= 0.6 is 0 Å². The summed E-state index contributed by atoms with van der Waals surface area (Å²) in [5.41, 5.74) is 13.8. The van der Waals surface area contributed by atoms with Crippen molar-refractivity contribution in [3.05, 3.63) is 71.2 Å². The average molecular weight is 445 g/mol. The van der Waals surface area contributed by atoms with E-state index >= 15 is 0 Å². The van der Waals surface area contributed by atoms with Crippen molar-refractivity contribution in [2.45, 2.75) is 13.5 Å². The fourth-order valence-corrected chi connectivity index (χ4v) is 3.50. The van der Waals surface area contributed by atoms with Crippen LogP contribution in [0.5, 0.6) is 0 Å². The second-order valence-corrected chi connectivity index (χ2v) is 7.32. The van der Waals surface area contributed by atoms with Crippen molar-refractivity contribution in [1.82, 2.24) is 19.4 Å². The molecule has 1 aromatic carbocycles. The number of hydrogen-bond donors (Lipinski definition) is 5. The largest absolute Gasteiger partial charge is 0.488 e. The second-order valence-electron chi connectivity index (χ2n) is 7.32. The first-order valence-electron chi connectivity index (χ1n) is 9.89. The molecule has 2 amide bonds. The van der Waals surface area contributed by atoms with Gasteiger partial charge in [0, 0.05) is 18.9 Å². The van der Waals surface area contributed by atoms with Gasteiger partial charge < -0.3 is 26.8 Å². The van der Waals surface area contributed by atoms with Gasteiger partial charge in [0.2, 0.25) is 0 Å². The van der Waals surface area contributed by atoms with E-state index in [-0.39, 0.29) is 29.3 Å². The van der Waals surface area contributed by atoms with Crippen LogP contribution in [-0.4, -0.2) is 48.3 Å². The SMILES string of the molecule is Cc1nc2c(C(N)=O)cccn2c1-c1ncc(C(N)=O)c(NCc2cccc(B(O)O)c2)n1. The molecule has 0 aliphatic carbocycles. The molecule has 0 unspecified atom stereocenters. The van der Waals surface area contributed by atoms with Crippen molar-refractivity contribution in [1.29, 1.82) is 0 Å². The Morgan fingerprint density at radius 1 is 1.09 bits per heavy atom. The van der Waals surface area contributed by atoms with Crippen molar-refractivity contribution in [3.63, 3.8) is 0 Å². The molecule has 4 aromatic rings. The highest BCUT2D eigenvalue weighted by molar-refractivity contribution is 6.58. The van der Waals surface area contributed by atoms with Gasteiger partial charge in [-0.2, -0.15) is 0 Å². The topological polar surface area (TPSA) is 182 Å². The minimum atomic E-state index is -1.60. The molecule has 0 fully saturated rings. The molecule has 3 aromatic heterocycles. The maximum atomic E-state index is 11.9. The minimum Gasteiger partial charge on any atom is -0.423 e. The molecule has 0 radical (unpaired) electrons. The quantitative estimate of drug-likeness (QED) is 0.238. The average Bonchev–Trinajstić information content (AvgIpc) is 3.13. The lowest BCUT2D eigenvalue weighted by atomic mass is 9.80. The normalized spacial score (nSPS) is 10.9.